The maximum atomic E-state index is 13.0. The van der Waals surface area contributed by atoms with E-state index in [1.54, 1.807) is 14.0 Å². The lowest BCUT2D eigenvalue weighted by Gasteiger charge is -2.14. The van der Waals surface area contributed by atoms with Gasteiger partial charge in [0.05, 0.1) is 27.2 Å². The third kappa shape index (κ3) is 3.06. The number of hydrogen-bond donors (Lipinski definition) is 2. The first-order valence-corrected chi connectivity index (χ1v) is 10.1. The second-order valence-electron chi connectivity index (χ2n) is 6.17. The Morgan fingerprint density at radius 1 is 1.46 bits per heavy atom. The van der Waals surface area contributed by atoms with E-state index < -0.39 is 21.7 Å². The highest BCUT2D eigenvalue weighted by Crippen LogP contribution is 2.33. The van der Waals surface area contributed by atoms with Gasteiger partial charge in [0, 0.05) is 30.9 Å². The number of oxime groups is 1. The summed E-state index contributed by atoms with van der Waals surface area (Å²) in [5.41, 5.74) is 3.68. The first-order chi connectivity index (χ1) is 12.1. The van der Waals surface area contributed by atoms with Crippen LogP contribution < -0.4 is 5.43 Å². The Morgan fingerprint density at radius 2 is 2.15 bits per heavy atom. The molecule has 1 aromatic rings. The molecule has 0 amide bonds. The number of sulfone groups is 1. The van der Waals surface area contributed by atoms with E-state index in [1.807, 2.05) is 0 Å². The van der Waals surface area contributed by atoms with Crippen molar-refractivity contribution in [3.63, 3.8) is 0 Å². The Kier molecular flexibility index (Phi) is 4.72. The Hall–Kier alpha value is -2.10. The minimum atomic E-state index is -3.60. The topological polar surface area (TPSA) is 108 Å². The van der Waals surface area contributed by atoms with E-state index in [4.69, 9.17) is 16.4 Å². The van der Waals surface area contributed by atoms with Gasteiger partial charge in [0.15, 0.2) is 15.6 Å². The van der Waals surface area contributed by atoms with Gasteiger partial charge in [-0.15, -0.1) is 0 Å². The Labute approximate surface area is 156 Å². The number of hydrazine groups is 1. The number of halogens is 1. The number of nitrogens with zero attached hydrogens (tertiary/aromatic N) is 2. The number of carbonyl (C=O) groups excluding carboxylic acids is 1. The maximum absolute atomic E-state index is 13.0. The number of ketones is 1. The van der Waals surface area contributed by atoms with Crippen LogP contribution >= 0.6 is 11.6 Å². The number of nitrogens with one attached hydrogen (secondary N) is 1. The summed E-state index contributed by atoms with van der Waals surface area (Å²) >= 11 is 6.45. The fourth-order valence-corrected chi connectivity index (χ4v) is 4.35. The predicted molar refractivity (Wildman–Crippen MR) is 96.0 cm³/mol. The molecule has 0 radical (unpaired) electrons. The van der Waals surface area contributed by atoms with Crippen molar-refractivity contribution in [1.29, 1.82) is 0 Å². The molecule has 8 nitrogen and oxygen atoms in total. The second-order valence-corrected chi connectivity index (χ2v) is 8.53. The summed E-state index contributed by atoms with van der Waals surface area (Å²) in [5.74, 6) is -0.688. The van der Waals surface area contributed by atoms with E-state index in [9.17, 15) is 18.3 Å². The van der Waals surface area contributed by atoms with Crippen molar-refractivity contribution < 1.29 is 23.2 Å². The average Bonchev–Trinajstić information content (AvgIpc) is 3.14. The van der Waals surface area contributed by atoms with E-state index >= 15 is 0 Å². The second kappa shape index (κ2) is 6.57. The van der Waals surface area contributed by atoms with Crippen molar-refractivity contribution in [2.24, 2.45) is 5.16 Å². The Morgan fingerprint density at radius 3 is 2.65 bits per heavy atom. The monoisotopic (exact) mass is 399 g/mol. The Balaban J connectivity index is 2.19. The van der Waals surface area contributed by atoms with Gasteiger partial charge < -0.3 is 9.94 Å². The van der Waals surface area contributed by atoms with Crippen molar-refractivity contribution in [2.45, 2.75) is 24.3 Å². The van der Waals surface area contributed by atoms with Gasteiger partial charge in [-0.3, -0.25) is 9.80 Å². The number of aliphatic hydroxyl groups is 1. The third-order valence-electron chi connectivity index (χ3n) is 4.26. The molecule has 0 saturated heterocycles. The highest BCUT2D eigenvalue weighted by molar-refractivity contribution is 7.90. The molecule has 2 aliphatic heterocycles. The van der Waals surface area contributed by atoms with Crippen LogP contribution in [0.3, 0.4) is 0 Å². The molecule has 140 valence electrons. The molecule has 10 heteroatoms. The van der Waals surface area contributed by atoms with Gasteiger partial charge in [0.2, 0.25) is 5.88 Å². The van der Waals surface area contributed by atoms with Gasteiger partial charge in [-0.1, -0.05) is 16.8 Å². The van der Waals surface area contributed by atoms with Crippen molar-refractivity contribution in [3.05, 3.63) is 39.7 Å². The van der Waals surface area contributed by atoms with Crippen molar-refractivity contribution in [3.8, 4) is 0 Å². The third-order valence-corrected chi connectivity index (χ3v) is 5.80. The van der Waals surface area contributed by atoms with Crippen LogP contribution in [-0.4, -0.2) is 56.0 Å². The summed E-state index contributed by atoms with van der Waals surface area (Å²) < 4.78 is 24.3. The Bertz CT molecular complexity index is 955. The van der Waals surface area contributed by atoms with Gasteiger partial charge in [-0.25, -0.2) is 13.8 Å². The summed E-state index contributed by atoms with van der Waals surface area (Å²) in [6.07, 6.45) is 1.45. The zero-order valence-corrected chi connectivity index (χ0v) is 16.0. The van der Waals surface area contributed by atoms with Crippen LogP contribution in [0.25, 0.3) is 0 Å². The minimum Gasteiger partial charge on any atom is -0.493 e. The molecule has 2 N–H and O–H groups in total. The normalized spacial score (nSPS) is 20.4. The van der Waals surface area contributed by atoms with Crippen LogP contribution in [0.2, 0.25) is 5.02 Å². The largest absolute Gasteiger partial charge is 0.493 e. The van der Waals surface area contributed by atoms with Crippen molar-refractivity contribution in [1.82, 2.24) is 10.4 Å². The van der Waals surface area contributed by atoms with Crippen LogP contribution in [0, 0.1) is 0 Å². The SMILES string of the molecule is CC1NN(C)C(O)=C1C(=O)c1ccc(S(C)(=O)=O)c(C2=NOCC2)c1Cl. The molecular weight excluding hydrogens is 382 g/mol. The molecule has 1 unspecified atom stereocenters. The zero-order valence-electron chi connectivity index (χ0n) is 14.4. The summed E-state index contributed by atoms with van der Waals surface area (Å²) in [6, 6.07) is 2.26. The molecule has 1 aromatic carbocycles. The number of Topliss-reactive ketones (excluding diaryl/α,β-unsaturated/α-hetero) is 1. The van der Waals surface area contributed by atoms with Gasteiger partial charge >= 0.3 is 0 Å². The molecule has 3 rings (SSSR count). The van der Waals surface area contributed by atoms with Crippen molar-refractivity contribution >= 4 is 32.9 Å². The molecule has 2 aliphatic rings. The van der Waals surface area contributed by atoms with Gasteiger partial charge in [0.25, 0.3) is 0 Å². The molecule has 1 atom stereocenters. The summed E-state index contributed by atoms with van der Waals surface area (Å²) in [4.78, 5) is 17.9. The lowest BCUT2D eigenvalue weighted by atomic mass is 9.96. The van der Waals surface area contributed by atoms with Crippen LogP contribution in [0.5, 0.6) is 0 Å². The maximum Gasteiger partial charge on any atom is 0.210 e. The van der Waals surface area contributed by atoms with Gasteiger partial charge in [-0.2, -0.15) is 0 Å². The predicted octanol–water partition coefficient (Wildman–Crippen LogP) is 1.66. The number of carbonyl (C=O) groups is 1. The summed E-state index contributed by atoms with van der Waals surface area (Å²) in [7, 11) is -2.02. The van der Waals surface area contributed by atoms with E-state index in [0.29, 0.717) is 18.7 Å². The number of hydrogen-bond acceptors (Lipinski definition) is 8. The molecule has 2 heterocycles. The average molecular weight is 400 g/mol. The van der Waals surface area contributed by atoms with Crippen LogP contribution in [0.4, 0.5) is 0 Å². The summed E-state index contributed by atoms with van der Waals surface area (Å²) in [5, 5.41) is 15.3. The van der Waals surface area contributed by atoms with E-state index in [0.717, 1.165) is 6.26 Å². The van der Waals surface area contributed by atoms with Crippen LogP contribution in [0.15, 0.2) is 33.6 Å². The highest BCUT2D eigenvalue weighted by atomic mass is 35.5. The lowest BCUT2D eigenvalue weighted by Crippen LogP contribution is -2.33. The minimum absolute atomic E-state index is 0.0174. The quantitative estimate of drug-likeness (QED) is 0.741. The van der Waals surface area contributed by atoms with E-state index in [-0.39, 0.29) is 32.5 Å². The van der Waals surface area contributed by atoms with E-state index in [1.165, 1.54) is 17.1 Å². The standard InChI is InChI=1S/C16H18ClN3O5S/c1-8-12(16(22)20(2)18-8)15(21)9-4-5-11(26(3,23)24)13(14(9)17)10-6-7-25-19-10/h4-5,8,18,22H,6-7H2,1-3H3. The fraction of sp³-hybridized carbons (Fsp3) is 0.375. The van der Waals surface area contributed by atoms with Gasteiger partial charge in [-0.05, 0) is 19.1 Å². The molecular formula is C16H18ClN3O5S. The molecule has 0 bridgehead atoms. The summed E-state index contributed by atoms with van der Waals surface area (Å²) in [6.45, 7) is 2.03. The number of aliphatic hydroxyl groups excluding tert-OH is 1. The first kappa shape index (κ1) is 18.7. The lowest BCUT2D eigenvalue weighted by molar-refractivity contribution is 0.102. The number of benzene rings is 1. The molecule has 0 spiro atoms. The molecule has 0 aromatic heterocycles. The first-order valence-electron chi connectivity index (χ1n) is 7.82. The van der Waals surface area contributed by atoms with Crippen LogP contribution in [0.1, 0.15) is 29.3 Å². The highest BCUT2D eigenvalue weighted by Gasteiger charge is 2.34. The smallest absolute Gasteiger partial charge is 0.210 e. The van der Waals surface area contributed by atoms with Crippen molar-refractivity contribution in [2.75, 3.05) is 19.9 Å². The molecule has 0 fully saturated rings. The molecule has 26 heavy (non-hydrogen) atoms. The van der Waals surface area contributed by atoms with Crippen LogP contribution in [-0.2, 0) is 14.7 Å². The molecule has 0 aliphatic carbocycles. The fourth-order valence-electron chi connectivity index (χ4n) is 3.03. The van der Waals surface area contributed by atoms with Gasteiger partial charge in [0.1, 0.15) is 6.61 Å². The molecule has 0 saturated carbocycles. The zero-order chi connectivity index (χ0) is 19.2. The number of rotatable bonds is 4. The van der Waals surface area contributed by atoms with E-state index in [2.05, 4.69) is 10.6 Å².